The van der Waals surface area contributed by atoms with Gasteiger partial charge in [0.1, 0.15) is 4.62 Å². The molecule has 0 amide bonds. The Bertz CT molecular complexity index is 350. The summed E-state index contributed by atoms with van der Waals surface area (Å²) < 4.78 is 0.337. The first-order valence-electron chi connectivity index (χ1n) is 5.94. The second kappa shape index (κ2) is 8.08. The zero-order chi connectivity index (χ0) is 14.2. The van der Waals surface area contributed by atoms with Crippen molar-refractivity contribution in [3.05, 3.63) is 23.5 Å². The van der Waals surface area contributed by atoms with Crippen LogP contribution in [0.4, 0.5) is 0 Å². The maximum atomic E-state index is 7.69. The molecule has 0 heterocycles. The van der Waals surface area contributed by atoms with Crippen LogP contribution in [0.2, 0.25) is 0 Å². The topological polar surface area (TPSA) is 71.8 Å². The Morgan fingerprint density at radius 1 is 1.28 bits per heavy atom. The molecule has 0 radical (unpaired) electrons. The Hall–Kier alpha value is -1.10. The number of hydrogen-bond acceptors (Lipinski definition) is 4. The fraction of sp³-hybridized carbons (Fsp3) is 0.538. The summed E-state index contributed by atoms with van der Waals surface area (Å²) in [5.41, 5.74) is 1.62. The molecule has 0 spiro atoms. The molecule has 4 nitrogen and oxygen atoms in total. The molecule has 0 atom stereocenters. The van der Waals surface area contributed by atoms with Crippen molar-refractivity contribution in [1.29, 1.82) is 10.8 Å². The van der Waals surface area contributed by atoms with Crippen LogP contribution in [0.1, 0.15) is 34.1 Å². The summed E-state index contributed by atoms with van der Waals surface area (Å²) in [4.78, 5) is 0. The second-order valence-corrected chi connectivity index (χ2v) is 5.77. The molecule has 4 N–H and O–H groups in total. The molecule has 0 aromatic heterocycles. The zero-order valence-corrected chi connectivity index (χ0v) is 13.1. The Labute approximate surface area is 118 Å². The molecule has 102 valence electrons. The third kappa shape index (κ3) is 8.06. The third-order valence-corrected chi connectivity index (χ3v) is 2.54. The van der Waals surface area contributed by atoms with E-state index in [-0.39, 0.29) is 5.54 Å². The molecule has 0 bridgehead atoms. The number of halogens is 1. The lowest BCUT2D eigenvalue weighted by atomic mass is 10.1. The Morgan fingerprint density at radius 3 is 2.28 bits per heavy atom. The van der Waals surface area contributed by atoms with Gasteiger partial charge in [-0.3, -0.25) is 5.41 Å². The van der Waals surface area contributed by atoms with Crippen LogP contribution in [0.5, 0.6) is 0 Å². The van der Waals surface area contributed by atoms with Crippen LogP contribution < -0.4 is 10.6 Å². The quantitative estimate of drug-likeness (QED) is 0.545. The van der Waals surface area contributed by atoms with E-state index < -0.39 is 0 Å². The predicted molar refractivity (Wildman–Crippen MR) is 82.8 cm³/mol. The molecule has 0 aliphatic carbocycles. The van der Waals surface area contributed by atoms with Crippen LogP contribution >= 0.6 is 15.9 Å². The number of allylic oxidation sites excluding steroid dienone is 2. The lowest BCUT2D eigenvalue weighted by molar-refractivity contribution is 0.490. The van der Waals surface area contributed by atoms with Crippen molar-refractivity contribution in [2.75, 3.05) is 6.54 Å². The number of nitrogens with one attached hydrogen (secondary N) is 4. The molecular weight excluding hydrogens is 292 g/mol. The minimum atomic E-state index is -0.0378. The lowest BCUT2D eigenvalue weighted by Crippen LogP contribution is -2.31. The molecule has 0 saturated carbocycles. The highest BCUT2D eigenvalue weighted by atomic mass is 79.9. The van der Waals surface area contributed by atoms with Crippen LogP contribution in [0, 0.1) is 10.8 Å². The van der Waals surface area contributed by atoms with Gasteiger partial charge in [0.2, 0.25) is 0 Å². The summed E-state index contributed by atoms with van der Waals surface area (Å²) in [6, 6.07) is 0. The number of rotatable bonds is 7. The van der Waals surface area contributed by atoms with Gasteiger partial charge >= 0.3 is 0 Å². The Kier molecular flexibility index (Phi) is 7.59. The van der Waals surface area contributed by atoms with E-state index in [4.69, 9.17) is 10.8 Å². The van der Waals surface area contributed by atoms with Crippen molar-refractivity contribution in [2.45, 2.75) is 39.7 Å². The highest BCUT2D eigenvalue weighted by Gasteiger charge is 2.09. The molecule has 0 aromatic rings. The highest BCUT2D eigenvalue weighted by molar-refractivity contribution is 9.18. The van der Waals surface area contributed by atoms with E-state index in [2.05, 4.69) is 47.3 Å². The van der Waals surface area contributed by atoms with E-state index in [0.717, 1.165) is 17.7 Å². The molecule has 0 aliphatic heterocycles. The maximum absolute atomic E-state index is 7.69. The summed E-state index contributed by atoms with van der Waals surface area (Å²) in [5.74, 6) is 0. The zero-order valence-electron chi connectivity index (χ0n) is 11.5. The van der Waals surface area contributed by atoms with Gasteiger partial charge in [-0.2, -0.15) is 0 Å². The van der Waals surface area contributed by atoms with Gasteiger partial charge in [0.25, 0.3) is 0 Å². The van der Waals surface area contributed by atoms with E-state index >= 15 is 0 Å². The monoisotopic (exact) mass is 314 g/mol. The summed E-state index contributed by atoms with van der Waals surface area (Å²) in [5, 5.41) is 21.4. The number of hydrogen-bond donors (Lipinski definition) is 4. The maximum Gasteiger partial charge on any atom is 0.102 e. The van der Waals surface area contributed by atoms with Gasteiger partial charge in [-0.05, 0) is 49.2 Å². The summed E-state index contributed by atoms with van der Waals surface area (Å²) in [7, 11) is 0. The SMILES string of the molecule is CCN/C=C(\C=N)C/C(=C/NC(C)(C)C)C(=N)Br. The average molecular weight is 315 g/mol. The first-order valence-corrected chi connectivity index (χ1v) is 6.73. The van der Waals surface area contributed by atoms with Gasteiger partial charge in [0, 0.05) is 42.7 Å². The van der Waals surface area contributed by atoms with Crippen molar-refractivity contribution in [2.24, 2.45) is 0 Å². The summed E-state index contributed by atoms with van der Waals surface area (Å²) in [6.45, 7) is 9.01. The smallest absolute Gasteiger partial charge is 0.102 e. The fourth-order valence-corrected chi connectivity index (χ4v) is 1.35. The average Bonchev–Trinajstić information content (AvgIpc) is 2.26. The third-order valence-electron chi connectivity index (χ3n) is 2.03. The Morgan fingerprint density at radius 2 is 1.89 bits per heavy atom. The second-order valence-electron chi connectivity index (χ2n) is 4.98. The van der Waals surface area contributed by atoms with Crippen molar-refractivity contribution in [3.63, 3.8) is 0 Å². The first kappa shape index (κ1) is 16.9. The van der Waals surface area contributed by atoms with Crippen molar-refractivity contribution >= 4 is 26.8 Å². The van der Waals surface area contributed by atoms with Crippen LogP contribution in [0.3, 0.4) is 0 Å². The standard InChI is InChI=1S/C13H23BrN4/c1-5-17-8-10(7-15)6-11(12(14)16)9-18-13(2,3)4/h7-9,15-18H,5-6H2,1-4H3/b10-8-,11-9-,15-7?,16-12?. The minimum absolute atomic E-state index is 0.0378. The summed E-state index contributed by atoms with van der Waals surface area (Å²) in [6.07, 6.45) is 5.50. The molecule has 0 aliphatic rings. The van der Waals surface area contributed by atoms with Gasteiger partial charge in [-0.15, -0.1) is 0 Å². The predicted octanol–water partition coefficient (Wildman–Crippen LogP) is 3.16. The van der Waals surface area contributed by atoms with Crippen LogP contribution in [0.15, 0.2) is 23.5 Å². The lowest BCUT2D eigenvalue weighted by Gasteiger charge is -2.20. The van der Waals surface area contributed by atoms with E-state index in [1.807, 2.05) is 19.3 Å². The molecule has 0 rings (SSSR count). The van der Waals surface area contributed by atoms with E-state index in [1.165, 1.54) is 6.21 Å². The van der Waals surface area contributed by atoms with Crippen LogP contribution in [-0.2, 0) is 0 Å². The van der Waals surface area contributed by atoms with E-state index in [9.17, 15) is 0 Å². The molecule has 0 fully saturated rings. The van der Waals surface area contributed by atoms with Gasteiger partial charge in [0.15, 0.2) is 0 Å². The summed E-state index contributed by atoms with van der Waals surface area (Å²) >= 11 is 3.19. The molecule has 18 heavy (non-hydrogen) atoms. The van der Waals surface area contributed by atoms with Gasteiger partial charge in [-0.25, -0.2) is 0 Å². The van der Waals surface area contributed by atoms with E-state index in [0.29, 0.717) is 11.0 Å². The molecule has 5 heteroatoms. The normalized spacial score (nSPS) is 13.2. The van der Waals surface area contributed by atoms with E-state index in [1.54, 1.807) is 0 Å². The highest BCUT2D eigenvalue weighted by Crippen LogP contribution is 2.14. The van der Waals surface area contributed by atoms with Crippen molar-refractivity contribution in [1.82, 2.24) is 10.6 Å². The molecule has 0 aromatic carbocycles. The fourth-order valence-electron chi connectivity index (χ4n) is 1.09. The molecule has 0 saturated heterocycles. The van der Waals surface area contributed by atoms with Crippen LogP contribution in [0.25, 0.3) is 0 Å². The van der Waals surface area contributed by atoms with Crippen molar-refractivity contribution in [3.8, 4) is 0 Å². The Balaban J connectivity index is 4.81. The van der Waals surface area contributed by atoms with Crippen molar-refractivity contribution < 1.29 is 0 Å². The van der Waals surface area contributed by atoms with Gasteiger partial charge in [0.05, 0.1) is 0 Å². The molecule has 0 unspecified atom stereocenters. The first-order chi connectivity index (χ1) is 8.30. The van der Waals surface area contributed by atoms with Gasteiger partial charge < -0.3 is 16.0 Å². The largest absolute Gasteiger partial charge is 0.391 e. The van der Waals surface area contributed by atoms with Crippen LogP contribution in [-0.4, -0.2) is 22.9 Å². The minimum Gasteiger partial charge on any atom is -0.391 e. The van der Waals surface area contributed by atoms with Gasteiger partial charge in [-0.1, -0.05) is 0 Å². The molecular formula is C13H23BrN4.